The van der Waals surface area contributed by atoms with Gasteiger partial charge in [0, 0.05) is 17.4 Å². The number of anilines is 2. The third-order valence-corrected chi connectivity index (χ3v) is 2.88. The molecule has 0 aliphatic carbocycles. The Kier molecular flexibility index (Phi) is 4.16. The summed E-state index contributed by atoms with van der Waals surface area (Å²) in [4.78, 5) is 15.4. The molecule has 0 amide bonds. The van der Waals surface area contributed by atoms with Crippen molar-refractivity contribution in [1.82, 2.24) is 4.98 Å². The first kappa shape index (κ1) is 14.9. The quantitative estimate of drug-likeness (QED) is 0.896. The summed E-state index contributed by atoms with van der Waals surface area (Å²) in [6.45, 7) is 3.77. The van der Waals surface area contributed by atoms with Crippen molar-refractivity contribution in [3.8, 4) is 0 Å². The molecule has 0 radical (unpaired) electrons. The largest absolute Gasteiger partial charge is 0.478 e. The van der Waals surface area contributed by atoms with Crippen LogP contribution in [-0.2, 0) is 0 Å². The van der Waals surface area contributed by atoms with Crippen LogP contribution in [0.2, 0.25) is 0 Å². The van der Waals surface area contributed by atoms with Crippen molar-refractivity contribution in [2.75, 3.05) is 5.32 Å². The summed E-state index contributed by atoms with van der Waals surface area (Å²) in [5, 5.41) is 11.9. The first-order valence-electron chi connectivity index (χ1n) is 6.34. The Labute approximate surface area is 120 Å². The van der Waals surface area contributed by atoms with Gasteiger partial charge in [-0.1, -0.05) is 13.8 Å². The highest BCUT2D eigenvalue weighted by atomic mass is 19.2. The predicted octanol–water partition coefficient (Wildman–Crippen LogP) is 3.93. The van der Waals surface area contributed by atoms with Gasteiger partial charge in [-0.25, -0.2) is 18.6 Å². The number of hydrogen-bond acceptors (Lipinski definition) is 3. The third kappa shape index (κ3) is 3.53. The summed E-state index contributed by atoms with van der Waals surface area (Å²) in [5.41, 5.74) is 0.970. The number of halogens is 2. The Bertz CT molecular complexity index is 687. The van der Waals surface area contributed by atoms with Crippen molar-refractivity contribution in [2.45, 2.75) is 19.8 Å². The average Bonchev–Trinajstić information content (AvgIpc) is 2.42. The number of nitrogens with one attached hydrogen (secondary N) is 1. The van der Waals surface area contributed by atoms with E-state index >= 15 is 0 Å². The van der Waals surface area contributed by atoms with Gasteiger partial charge in [0.05, 0.1) is 5.56 Å². The molecule has 4 nitrogen and oxygen atoms in total. The van der Waals surface area contributed by atoms with E-state index in [1.807, 2.05) is 13.8 Å². The van der Waals surface area contributed by atoms with Crippen molar-refractivity contribution in [3.05, 3.63) is 53.2 Å². The van der Waals surface area contributed by atoms with Gasteiger partial charge in [0.1, 0.15) is 5.82 Å². The normalized spacial score (nSPS) is 10.7. The zero-order chi connectivity index (χ0) is 15.6. The van der Waals surface area contributed by atoms with Crippen molar-refractivity contribution in [3.63, 3.8) is 0 Å². The second kappa shape index (κ2) is 5.87. The van der Waals surface area contributed by atoms with E-state index in [9.17, 15) is 13.6 Å². The summed E-state index contributed by atoms with van der Waals surface area (Å²) < 4.78 is 26.0. The second-order valence-corrected chi connectivity index (χ2v) is 4.88. The molecule has 2 aromatic rings. The van der Waals surface area contributed by atoms with Gasteiger partial charge >= 0.3 is 5.97 Å². The van der Waals surface area contributed by atoms with Crippen LogP contribution in [0.15, 0.2) is 30.3 Å². The van der Waals surface area contributed by atoms with Crippen molar-refractivity contribution in [1.29, 1.82) is 0 Å². The van der Waals surface area contributed by atoms with E-state index in [1.54, 1.807) is 0 Å². The lowest BCUT2D eigenvalue weighted by Gasteiger charge is -2.11. The topological polar surface area (TPSA) is 62.2 Å². The van der Waals surface area contributed by atoms with Crippen molar-refractivity contribution in [2.24, 2.45) is 0 Å². The summed E-state index contributed by atoms with van der Waals surface area (Å²) >= 11 is 0. The molecule has 0 aliphatic heterocycles. The number of carboxylic acids is 1. The van der Waals surface area contributed by atoms with Crippen LogP contribution >= 0.6 is 0 Å². The highest BCUT2D eigenvalue weighted by Gasteiger charge is 2.11. The van der Waals surface area contributed by atoms with Gasteiger partial charge in [-0.3, -0.25) is 0 Å². The molecule has 110 valence electrons. The standard InChI is InChI=1S/C15H14F2N2O2/c1-8(2)13-5-9(15(20)21)6-14(19-13)18-10-3-4-11(16)12(17)7-10/h3-8H,1-2H3,(H,18,19)(H,20,21). The Morgan fingerprint density at radius 1 is 1.19 bits per heavy atom. The number of aromatic nitrogens is 1. The monoisotopic (exact) mass is 292 g/mol. The minimum Gasteiger partial charge on any atom is -0.478 e. The van der Waals surface area contributed by atoms with E-state index in [4.69, 9.17) is 5.11 Å². The molecule has 1 aromatic carbocycles. The minimum absolute atomic E-state index is 0.0369. The number of benzene rings is 1. The minimum atomic E-state index is -1.08. The smallest absolute Gasteiger partial charge is 0.335 e. The molecule has 0 unspecified atom stereocenters. The molecule has 0 saturated carbocycles. The molecule has 0 atom stereocenters. The number of carbonyl (C=O) groups is 1. The molecule has 1 heterocycles. The predicted molar refractivity (Wildman–Crippen MR) is 74.9 cm³/mol. The molecule has 1 aromatic heterocycles. The molecular formula is C15H14F2N2O2. The second-order valence-electron chi connectivity index (χ2n) is 4.88. The first-order chi connectivity index (χ1) is 9.86. The lowest BCUT2D eigenvalue weighted by molar-refractivity contribution is 0.0696. The lowest BCUT2D eigenvalue weighted by atomic mass is 10.1. The number of carboxylic acid groups (broad SMARTS) is 1. The fourth-order valence-corrected chi connectivity index (χ4v) is 1.76. The van der Waals surface area contributed by atoms with E-state index in [1.165, 1.54) is 18.2 Å². The van der Waals surface area contributed by atoms with Crippen molar-refractivity contribution < 1.29 is 18.7 Å². The molecule has 0 fully saturated rings. The number of hydrogen-bond donors (Lipinski definition) is 2. The number of aromatic carboxylic acids is 1. The van der Waals surface area contributed by atoms with Crippen LogP contribution in [0, 0.1) is 11.6 Å². The summed E-state index contributed by atoms with van der Waals surface area (Å²) in [6, 6.07) is 6.16. The van der Waals surface area contributed by atoms with Crippen LogP contribution in [-0.4, -0.2) is 16.1 Å². The van der Waals surface area contributed by atoms with E-state index in [2.05, 4.69) is 10.3 Å². The van der Waals surface area contributed by atoms with Gasteiger partial charge in [-0.15, -0.1) is 0 Å². The fourth-order valence-electron chi connectivity index (χ4n) is 1.76. The van der Waals surface area contributed by atoms with Crippen LogP contribution < -0.4 is 5.32 Å². The van der Waals surface area contributed by atoms with E-state index in [0.717, 1.165) is 12.1 Å². The van der Waals surface area contributed by atoms with Crippen LogP contribution in [0.4, 0.5) is 20.3 Å². The highest BCUT2D eigenvalue weighted by molar-refractivity contribution is 5.88. The maximum absolute atomic E-state index is 13.2. The molecule has 2 N–H and O–H groups in total. The summed E-state index contributed by atoms with van der Waals surface area (Å²) in [7, 11) is 0. The maximum atomic E-state index is 13.2. The summed E-state index contributed by atoms with van der Waals surface area (Å²) in [6.07, 6.45) is 0. The van der Waals surface area contributed by atoms with Crippen LogP contribution in [0.25, 0.3) is 0 Å². The SMILES string of the molecule is CC(C)c1cc(C(=O)O)cc(Nc2ccc(F)c(F)c2)n1. The number of pyridine rings is 1. The Balaban J connectivity index is 2.38. The molecule has 2 rings (SSSR count). The molecule has 0 bridgehead atoms. The Morgan fingerprint density at radius 3 is 2.48 bits per heavy atom. The molecule has 6 heteroatoms. The van der Waals surface area contributed by atoms with Gasteiger partial charge in [0.15, 0.2) is 11.6 Å². The molecule has 0 aliphatic rings. The maximum Gasteiger partial charge on any atom is 0.335 e. The van der Waals surface area contributed by atoms with Gasteiger partial charge in [0.2, 0.25) is 0 Å². The fraction of sp³-hybridized carbons (Fsp3) is 0.200. The number of nitrogens with zero attached hydrogens (tertiary/aromatic N) is 1. The van der Waals surface area contributed by atoms with Crippen molar-refractivity contribution >= 4 is 17.5 Å². The van der Waals surface area contributed by atoms with Crippen LogP contribution in [0.5, 0.6) is 0 Å². The average molecular weight is 292 g/mol. The number of rotatable bonds is 4. The molecule has 21 heavy (non-hydrogen) atoms. The van der Waals surface area contributed by atoms with Gasteiger partial charge in [-0.2, -0.15) is 0 Å². The highest BCUT2D eigenvalue weighted by Crippen LogP contribution is 2.22. The van der Waals surface area contributed by atoms with Gasteiger partial charge in [-0.05, 0) is 30.2 Å². The lowest BCUT2D eigenvalue weighted by Crippen LogP contribution is -2.05. The third-order valence-electron chi connectivity index (χ3n) is 2.88. The molecule has 0 saturated heterocycles. The van der Waals surface area contributed by atoms with Crippen LogP contribution in [0.3, 0.4) is 0 Å². The van der Waals surface area contributed by atoms with E-state index in [0.29, 0.717) is 11.4 Å². The zero-order valence-electron chi connectivity index (χ0n) is 11.5. The molecule has 0 spiro atoms. The zero-order valence-corrected chi connectivity index (χ0v) is 11.5. The molecular weight excluding hydrogens is 278 g/mol. The van der Waals surface area contributed by atoms with Gasteiger partial charge in [0.25, 0.3) is 0 Å². The Hall–Kier alpha value is -2.50. The van der Waals surface area contributed by atoms with E-state index in [-0.39, 0.29) is 17.3 Å². The Morgan fingerprint density at radius 2 is 1.90 bits per heavy atom. The van der Waals surface area contributed by atoms with E-state index < -0.39 is 17.6 Å². The van der Waals surface area contributed by atoms with Crippen LogP contribution in [0.1, 0.15) is 35.8 Å². The first-order valence-corrected chi connectivity index (χ1v) is 6.34. The van der Waals surface area contributed by atoms with Gasteiger partial charge < -0.3 is 10.4 Å². The summed E-state index contributed by atoms with van der Waals surface area (Å²) in [5.74, 6) is -2.71.